The minimum Gasteiger partial charge on any atom is -0.497 e. The Bertz CT molecular complexity index is 785. The quantitative estimate of drug-likeness (QED) is 0.737. The van der Waals surface area contributed by atoms with Gasteiger partial charge in [-0.25, -0.2) is 4.98 Å². The average Bonchev–Trinajstić information content (AvgIpc) is 2.78. The van der Waals surface area contributed by atoms with Crippen LogP contribution in [0.15, 0.2) is 35.4 Å². The van der Waals surface area contributed by atoms with Gasteiger partial charge in [0.1, 0.15) is 11.3 Å². The first-order valence-electron chi connectivity index (χ1n) is 5.91. The summed E-state index contributed by atoms with van der Waals surface area (Å²) in [7, 11) is 1.63. The molecule has 2 N–H and O–H groups in total. The van der Waals surface area contributed by atoms with Gasteiger partial charge in [-0.2, -0.15) is 0 Å². The fourth-order valence-electron chi connectivity index (χ4n) is 2.21. The van der Waals surface area contributed by atoms with Gasteiger partial charge in [0, 0.05) is 11.3 Å². The normalized spacial score (nSPS) is 10.8. The van der Waals surface area contributed by atoms with Gasteiger partial charge in [-0.3, -0.25) is 4.79 Å². The summed E-state index contributed by atoms with van der Waals surface area (Å²) in [5.41, 5.74) is 3.19. The lowest BCUT2D eigenvalue weighted by molar-refractivity contribution is 0.415. The predicted octanol–water partition coefficient (Wildman–Crippen LogP) is 2.24. The number of aromatic nitrogens is 3. The third-order valence-corrected chi connectivity index (χ3v) is 3.16. The van der Waals surface area contributed by atoms with Crippen molar-refractivity contribution >= 4 is 10.9 Å². The number of hydrogen-bond donors (Lipinski definition) is 2. The molecule has 3 rings (SSSR count). The van der Waals surface area contributed by atoms with Crippen molar-refractivity contribution in [2.75, 3.05) is 7.11 Å². The highest BCUT2D eigenvalue weighted by atomic mass is 16.5. The SMILES string of the molecule is COc1ccc(-c2[nH]c(C)c3c(=O)[nH]cnc23)cc1. The molecule has 0 amide bonds. The van der Waals surface area contributed by atoms with Crippen molar-refractivity contribution in [1.82, 2.24) is 15.0 Å². The summed E-state index contributed by atoms with van der Waals surface area (Å²) in [4.78, 5) is 21.9. The number of ether oxygens (including phenoxy) is 1. The Labute approximate surface area is 109 Å². The third kappa shape index (κ3) is 1.79. The summed E-state index contributed by atoms with van der Waals surface area (Å²) >= 11 is 0. The second-order valence-corrected chi connectivity index (χ2v) is 4.31. The molecule has 5 heteroatoms. The number of benzene rings is 1. The van der Waals surface area contributed by atoms with E-state index in [0.717, 1.165) is 22.7 Å². The molecular formula is C14H13N3O2. The maximum atomic E-state index is 11.8. The lowest BCUT2D eigenvalue weighted by atomic mass is 10.1. The predicted molar refractivity (Wildman–Crippen MR) is 73.4 cm³/mol. The number of nitrogens with one attached hydrogen (secondary N) is 2. The molecule has 0 radical (unpaired) electrons. The van der Waals surface area contributed by atoms with E-state index in [1.54, 1.807) is 7.11 Å². The van der Waals surface area contributed by atoms with Crippen LogP contribution in [0, 0.1) is 6.92 Å². The number of fused-ring (bicyclic) bond motifs is 1. The maximum absolute atomic E-state index is 11.8. The molecule has 0 spiro atoms. The molecule has 0 saturated heterocycles. The monoisotopic (exact) mass is 255 g/mol. The van der Waals surface area contributed by atoms with Crippen LogP contribution in [-0.4, -0.2) is 22.1 Å². The Morgan fingerprint density at radius 2 is 1.95 bits per heavy atom. The first-order valence-corrected chi connectivity index (χ1v) is 5.91. The van der Waals surface area contributed by atoms with E-state index in [1.807, 2.05) is 31.2 Å². The highest BCUT2D eigenvalue weighted by Crippen LogP contribution is 2.27. The van der Waals surface area contributed by atoms with E-state index in [4.69, 9.17) is 4.74 Å². The molecule has 3 aromatic rings. The van der Waals surface area contributed by atoms with Gasteiger partial charge < -0.3 is 14.7 Å². The largest absolute Gasteiger partial charge is 0.497 e. The van der Waals surface area contributed by atoms with E-state index in [0.29, 0.717) is 10.9 Å². The van der Waals surface area contributed by atoms with Crippen molar-refractivity contribution in [2.45, 2.75) is 6.92 Å². The number of methoxy groups -OCH3 is 1. The van der Waals surface area contributed by atoms with Crippen LogP contribution >= 0.6 is 0 Å². The van der Waals surface area contributed by atoms with Crippen LogP contribution in [0.1, 0.15) is 5.69 Å². The molecule has 96 valence electrons. The molecular weight excluding hydrogens is 242 g/mol. The molecule has 0 atom stereocenters. The Kier molecular flexibility index (Phi) is 2.59. The molecule has 0 saturated carbocycles. The zero-order valence-corrected chi connectivity index (χ0v) is 10.7. The van der Waals surface area contributed by atoms with Crippen LogP contribution in [-0.2, 0) is 0 Å². The molecule has 19 heavy (non-hydrogen) atoms. The second-order valence-electron chi connectivity index (χ2n) is 4.31. The lowest BCUT2D eigenvalue weighted by Crippen LogP contribution is -2.05. The minimum atomic E-state index is -0.126. The highest BCUT2D eigenvalue weighted by molar-refractivity contribution is 5.93. The van der Waals surface area contributed by atoms with Crippen LogP contribution in [0.3, 0.4) is 0 Å². The Morgan fingerprint density at radius 3 is 2.63 bits per heavy atom. The molecule has 0 aliphatic rings. The van der Waals surface area contributed by atoms with Gasteiger partial charge in [0.15, 0.2) is 0 Å². The summed E-state index contributed by atoms with van der Waals surface area (Å²) < 4.78 is 5.14. The first-order chi connectivity index (χ1) is 9.20. The highest BCUT2D eigenvalue weighted by Gasteiger charge is 2.13. The van der Waals surface area contributed by atoms with E-state index in [-0.39, 0.29) is 5.56 Å². The molecule has 5 nitrogen and oxygen atoms in total. The molecule has 0 aliphatic heterocycles. The third-order valence-electron chi connectivity index (χ3n) is 3.16. The van der Waals surface area contributed by atoms with Gasteiger partial charge in [-0.15, -0.1) is 0 Å². The van der Waals surface area contributed by atoms with Crippen molar-refractivity contribution in [3.63, 3.8) is 0 Å². The molecule has 1 aromatic carbocycles. The number of hydrogen-bond acceptors (Lipinski definition) is 3. The minimum absolute atomic E-state index is 0.126. The average molecular weight is 255 g/mol. The summed E-state index contributed by atoms with van der Waals surface area (Å²) in [5, 5.41) is 0.605. The maximum Gasteiger partial charge on any atom is 0.260 e. The second kappa shape index (κ2) is 4.28. The number of nitrogens with zero attached hydrogens (tertiary/aromatic N) is 1. The van der Waals surface area contributed by atoms with Crippen molar-refractivity contribution in [1.29, 1.82) is 0 Å². The lowest BCUT2D eigenvalue weighted by Gasteiger charge is -2.02. The van der Waals surface area contributed by atoms with Crippen molar-refractivity contribution in [3.8, 4) is 17.0 Å². The number of rotatable bonds is 2. The molecule has 2 heterocycles. The Morgan fingerprint density at radius 1 is 1.21 bits per heavy atom. The Balaban J connectivity index is 2.25. The summed E-state index contributed by atoms with van der Waals surface area (Å²) in [6, 6.07) is 7.63. The number of H-pyrrole nitrogens is 2. The standard InChI is InChI=1S/C14H13N3O2/c1-8-11-13(15-7-16-14(11)18)12(17-8)9-3-5-10(19-2)6-4-9/h3-7,17H,1-2H3,(H,15,16,18). The summed E-state index contributed by atoms with van der Waals surface area (Å²) in [5.74, 6) is 0.794. The number of aromatic amines is 2. The number of aryl methyl sites for hydroxylation is 1. The van der Waals surface area contributed by atoms with Crippen LogP contribution in [0.4, 0.5) is 0 Å². The smallest absolute Gasteiger partial charge is 0.260 e. The van der Waals surface area contributed by atoms with Gasteiger partial charge in [-0.1, -0.05) is 0 Å². The van der Waals surface area contributed by atoms with Gasteiger partial charge in [0.2, 0.25) is 0 Å². The van der Waals surface area contributed by atoms with E-state index >= 15 is 0 Å². The van der Waals surface area contributed by atoms with Crippen molar-refractivity contribution < 1.29 is 4.74 Å². The van der Waals surface area contributed by atoms with E-state index in [9.17, 15) is 4.79 Å². The zero-order chi connectivity index (χ0) is 13.4. The van der Waals surface area contributed by atoms with Crippen LogP contribution in [0.5, 0.6) is 5.75 Å². The van der Waals surface area contributed by atoms with E-state index < -0.39 is 0 Å². The van der Waals surface area contributed by atoms with Crippen LogP contribution < -0.4 is 10.3 Å². The molecule has 2 aromatic heterocycles. The van der Waals surface area contributed by atoms with E-state index in [1.165, 1.54) is 6.33 Å². The molecule has 0 aliphatic carbocycles. The molecule has 0 bridgehead atoms. The topological polar surface area (TPSA) is 70.8 Å². The van der Waals surface area contributed by atoms with Crippen molar-refractivity contribution in [2.24, 2.45) is 0 Å². The fraction of sp³-hybridized carbons (Fsp3) is 0.143. The van der Waals surface area contributed by atoms with Gasteiger partial charge in [-0.05, 0) is 31.2 Å². The molecule has 0 unspecified atom stereocenters. The molecule has 0 fully saturated rings. The zero-order valence-electron chi connectivity index (χ0n) is 10.7. The van der Waals surface area contributed by atoms with E-state index in [2.05, 4.69) is 15.0 Å². The summed E-state index contributed by atoms with van der Waals surface area (Å²) in [6.45, 7) is 1.87. The van der Waals surface area contributed by atoms with Gasteiger partial charge in [0.25, 0.3) is 5.56 Å². The summed E-state index contributed by atoms with van der Waals surface area (Å²) in [6.07, 6.45) is 1.42. The van der Waals surface area contributed by atoms with Gasteiger partial charge >= 0.3 is 0 Å². The van der Waals surface area contributed by atoms with Crippen molar-refractivity contribution in [3.05, 3.63) is 46.6 Å². The van der Waals surface area contributed by atoms with Gasteiger partial charge in [0.05, 0.1) is 24.5 Å². The van der Waals surface area contributed by atoms with Crippen LogP contribution in [0.25, 0.3) is 22.2 Å². The Hall–Kier alpha value is -2.56. The first kappa shape index (κ1) is 11.5. The fourth-order valence-corrected chi connectivity index (χ4v) is 2.21. The van der Waals surface area contributed by atoms with Crippen LogP contribution in [0.2, 0.25) is 0 Å².